The summed E-state index contributed by atoms with van der Waals surface area (Å²) in [5.41, 5.74) is 0.0963. The zero-order chi connectivity index (χ0) is 25.7. The zero-order valence-electron chi connectivity index (χ0n) is 19.0. The van der Waals surface area contributed by atoms with Crippen molar-refractivity contribution in [3.8, 4) is 0 Å². The Kier molecular flexibility index (Phi) is 6.83. The van der Waals surface area contributed by atoms with Crippen molar-refractivity contribution in [3.05, 3.63) is 69.5 Å². The van der Waals surface area contributed by atoms with E-state index in [1.54, 1.807) is 0 Å². The van der Waals surface area contributed by atoms with Crippen molar-refractivity contribution in [3.63, 3.8) is 0 Å². The van der Waals surface area contributed by atoms with E-state index in [0.717, 1.165) is 41.4 Å². The van der Waals surface area contributed by atoms with Crippen LogP contribution in [0.1, 0.15) is 46.4 Å². The van der Waals surface area contributed by atoms with Crippen LogP contribution in [-0.4, -0.2) is 45.4 Å². The highest BCUT2D eigenvalue weighted by Crippen LogP contribution is 2.56. The van der Waals surface area contributed by atoms with Crippen molar-refractivity contribution in [2.45, 2.75) is 31.7 Å². The number of nitrogens with zero attached hydrogens (tertiary/aromatic N) is 2. The molecule has 2 aliphatic carbocycles. The topological polar surface area (TPSA) is 74.8 Å². The average Bonchev–Trinajstić information content (AvgIpc) is 3.53. The molecule has 5 atom stereocenters. The molecule has 5 rings (SSSR count). The van der Waals surface area contributed by atoms with Gasteiger partial charge in [-0.3, -0.25) is 19.2 Å². The number of alkyl halides is 1. The van der Waals surface area contributed by atoms with E-state index in [4.69, 9.17) is 34.8 Å². The summed E-state index contributed by atoms with van der Waals surface area (Å²) in [6.45, 7) is 0. The number of rotatable bonds is 7. The highest BCUT2D eigenvalue weighted by molar-refractivity contribution is 6.36. The maximum absolute atomic E-state index is 14.0. The molecule has 0 spiro atoms. The fourth-order valence-corrected chi connectivity index (χ4v) is 6.73. The van der Waals surface area contributed by atoms with E-state index < -0.39 is 47.2 Å². The molecular weight excluding hydrogens is 530 g/mol. The predicted octanol–water partition coefficient (Wildman–Crippen LogP) is 5.40. The summed E-state index contributed by atoms with van der Waals surface area (Å²) < 4.78 is 13.5. The summed E-state index contributed by atoms with van der Waals surface area (Å²) in [6.07, 6.45) is 2.48. The first kappa shape index (κ1) is 25.2. The Balaban J connectivity index is 1.61. The van der Waals surface area contributed by atoms with Crippen molar-refractivity contribution in [2.75, 3.05) is 5.88 Å². The first-order valence-electron chi connectivity index (χ1n) is 11.7. The number of hydrazine groups is 1. The van der Waals surface area contributed by atoms with Crippen molar-refractivity contribution >= 4 is 58.3 Å². The Labute approximate surface area is 222 Å². The van der Waals surface area contributed by atoms with E-state index in [1.807, 2.05) is 0 Å². The number of carbonyl (C=O) groups excluding carboxylic acids is 4. The zero-order valence-corrected chi connectivity index (χ0v) is 21.3. The second-order valence-corrected chi connectivity index (χ2v) is 10.7. The van der Waals surface area contributed by atoms with Gasteiger partial charge in [0.15, 0.2) is 5.78 Å². The summed E-state index contributed by atoms with van der Waals surface area (Å²) in [5.74, 6) is -3.77. The van der Waals surface area contributed by atoms with Crippen LogP contribution in [0.5, 0.6) is 0 Å². The van der Waals surface area contributed by atoms with Gasteiger partial charge in [0.05, 0.1) is 22.4 Å². The molecule has 1 heterocycles. The fraction of sp³-hybridized carbons (Fsp3) is 0.385. The van der Waals surface area contributed by atoms with Crippen LogP contribution in [0, 0.1) is 29.5 Å². The predicted molar refractivity (Wildman–Crippen MR) is 132 cm³/mol. The lowest BCUT2D eigenvalue weighted by Crippen LogP contribution is -2.58. The van der Waals surface area contributed by atoms with Crippen molar-refractivity contribution in [1.29, 1.82) is 0 Å². The number of imide groups is 1. The third-order valence-electron chi connectivity index (χ3n) is 7.60. The molecule has 0 unspecified atom stereocenters. The van der Waals surface area contributed by atoms with Crippen LogP contribution >= 0.6 is 34.8 Å². The van der Waals surface area contributed by atoms with Gasteiger partial charge in [-0.05, 0) is 80.0 Å². The molecule has 0 aromatic heterocycles. The molecule has 2 aromatic rings. The molecule has 2 saturated carbocycles. The van der Waals surface area contributed by atoms with Crippen LogP contribution in [0.2, 0.25) is 10.0 Å². The highest BCUT2D eigenvalue weighted by Gasteiger charge is 2.63. The maximum Gasteiger partial charge on any atom is 0.275 e. The van der Waals surface area contributed by atoms with Crippen LogP contribution < -0.4 is 0 Å². The van der Waals surface area contributed by atoms with Crippen LogP contribution in [0.3, 0.4) is 0 Å². The van der Waals surface area contributed by atoms with Gasteiger partial charge in [0.1, 0.15) is 11.9 Å². The van der Waals surface area contributed by atoms with Gasteiger partial charge in [0.25, 0.3) is 17.7 Å². The monoisotopic (exact) mass is 550 g/mol. The third kappa shape index (κ3) is 4.11. The Morgan fingerprint density at radius 1 is 1.00 bits per heavy atom. The lowest BCUT2D eigenvalue weighted by Gasteiger charge is -2.37. The Hall–Kier alpha value is -2.48. The summed E-state index contributed by atoms with van der Waals surface area (Å²) >= 11 is 18.4. The quantitative estimate of drug-likeness (QED) is 0.262. The molecule has 3 fully saturated rings. The number of benzene rings is 2. The van der Waals surface area contributed by atoms with Crippen LogP contribution in [0.25, 0.3) is 0 Å². The van der Waals surface area contributed by atoms with Gasteiger partial charge in [-0.2, -0.15) is 5.01 Å². The number of fused-ring (bicyclic) bond motifs is 5. The van der Waals surface area contributed by atoms with E-state index >= 15 is 0 Å². The summed E-state index contributed by atoms with van der Waals surface area (Å²) in [5, 5.41) is 2.08. The first-order chi connectivity index (χ1) is 17.2. The van der Waals surface area contributed by atoms with Crippen LogP contribution in [0.15, 0.2) is 42.5 Å². The van der Waals surface area contributed by atoms with Crippen molar-refractivity contribution < 1.29 is 23.6 Å². The molecule has 6 nitrogen and oxygen atoms in total. The maximum atomic E-state index is 14.0. The molecule has 3 amide bonds. The third-order valence-corrected chi connectivity index (χ3v) is 8.36. The number of hydrogen-bond acceptors (Lipinski definition) is 4. The SMILES string of the molecule is O=C(c1ccc(F)cc1)[C@@H](CCCl)N(C(=O)c1ccc(Cl)cc1Cl)N1C(=O)[C@@H]2[C@H]3CC[C@@H](C3)[C@@H]2C1=O. The minimum Gasteiger partial charge on any atom is -0.292 e. The van der Waals surface area contributed by atoms with Crippen molar-refractivity contribution in [2.24, 2.45) is 23.7 Å². The summed E-state index contributed by atoms with van der Waals surface area (Å²) in [7, 11) is 0. The Bertz CT molecular complexity index is 1230. The van der Waals surface area contributed by atoms with Crippen LogP contribution in [-0.2, 0) is 9.59 Å². The summed E-state index contributed by atoms with van der Waals surface area (Å²) in [6, 6.07) is 7.75. The molecule has 36 heavy (non-hydrogen) atoms. The summed E-state index contributed by atoms with van der Waals surface area (Å²) in [4.78, 5) is 55.0. The molecule has 0 N–H and O–H groups in total. The van der Waals surface area contributed by atoms with Gasteiger partial charge in [-0.15, -0.1) is 11.6 Å². The molecule has 0 radical (unpaired) electrons. The van der Waals surface area contributed by atoms with Gasteiger partial charge < -0.3 is 0 Å². The highest BCUT2D eigenvalue weighted by atomic mass is 35.5. The normalized spacial score (nSPS) is 25.3. The number of Topliss-reactive ketones (excluding diaryl/α,β-unsaturated/α-hetero) is 1. The van der Waals surface area contributed by atoms with Gasteiger partial charge in [0.2, 0.25) is 0 Å². The van der Waals surface area contributed by atoms with Gasteiger partial charge in [0, 0.05) is 16.5 Å². The number of carbonyl (C=O) groups is 4. The van der Waals surface area contributed by atoms with Crippen molar-refractivity contribution in [1.82, 2.24) is 10.0 Å². The number of hydrogen-bond donors (Lipinski definition) is 0. The van der Waals surface area contributed by atoms with E-state index in [0.29, 0.717) is 5.02 Å². The second kappa shape index (κ2) is 9.77. The molecule has 10 heteroatoms. The van der Waals surface area contributed by atoms with E-state index in [9.17, 15) is 23.6 Å². The fourth-order valence-electron chi connectivity index (χ4n) is 6.04. The Morgan fingerprint density at radius 2 is 1.61 bits per heavy atom. The minimum atomic E-state index is -1.29. The van der Waals surface area contributed by atoms with E-state index in [1.165, 1.54) is 30.3 Å². The van der Waals surface area contributed by atoms with Gasteiger partial charge in [-0.1, -0.05) is 23.2 Å². The standard InChI is InChI=1S/C26H22Cl3FN2O4/c27-10-9-20(23(33)13-3-6-17(30)7-4-13)31(24(34)18-8-5-16(28)12-19(18)29)32-25(35)21-14-1-2-15(11-14)22(21)26(32)36/h3-8,12,14-15,20-22H,1-2,9-11H2/t14-,15-,20+,21-,22+/m0/s1. The van der Waals surface area contributed by atoms with Gasteiger partial charge >= 0.3 is 0 Å². The molecule has 1 saturated heterocycles. The molecular formula is C26H22Cl3FN2O4. The first-order valence-corrected chi connectivity index (χ1v) is 13.0. The number of amides is 3. The minimum absolute atomic E-state index is 0.00992. The number of halogens is 4. The van der Waals surface area contributed by atoms with Crippen LogP contribution in [0.4, 0.5) is 4.39 Å². The molecule has 2 bridgehead atoms. The van der Waals surface area contributed by atoms with E-state index in [2.05, 4.69) is 0 Å². The second-order valence-electron chi connectivity index (χ2n) is 9.51. The molecule has 188 valence electrons. The lowest BCUT2D eigenvalue weighted by molar-refractivity contribution is -0.157. The average molecular weight is 552 g/mol. The largest absolute Gasteiger partial charge is 0.292 e. The lowest BCUT2D eigenvalue weighted by atomic mass is 9.81. The van der Waals surface area contributed by atoms with Gasteiger partial charge in [-0.25, -0.2) is 9.40 Å². The Morgan fingerprint density at radius 3 is 2.17 bits per heavy atom. The molecule has 2 aromatic carbocycles. The molecule has 3 aliphatic rings. The number of ketones is 1. The van der Waals surface area contributed by atoms with E-state index in [-0.39, 0.29) is 40.3 Å². The smallest absolute Gasteiger partial charge is 0.275 e. The molecule has 1 aliphatic heterocycles.